The Labute approximate surface area is 229 Å². The van der Waals surface area contributed by atoms with E-state index in [9.17, 15) is 14.7 Å². The zero-order valence-electron chi connectivity index (χ0n) is 22.9. The summed E-state index contributed by atoms with van der Waals surface area (Å²) in [6.45, 7) is 3.72. The van der Waals surface area contributed by atoms with E-state index in [0.717, 1.165) is 23.2 Å². The number of nitrogens with two attached hydrogens (primary N) is 1. The highest BCUT2D eigenvalue weighted by atomic mass is 16.3. The molecule has 2 heterocycles. The van der Waals surface area contributed by atoms with Crippen LogP contribution in [0.2, 0.25) is 0 Å². The number of carbonyl (C=O) groups excluding carboxylic acids is 1. The molecule has 9 nitrogen and oxygen atoms in total. The number of hydrogen-bond donors (Lipinski definition) is 3. The van der Waals surface area contributed by atoms with Gasteiger partial charge in [0.15, 0.2) is 0 Å². The van der Waals surface area contributed by atoms with E-state index in [1.54, 1.807) is 11.9 Å². The van der Waals surface area contributed by atoms with Crippen molar-refractivity contribution in [2.24, 2.45) is 4.99 Å². The van der Waals surface area contributed by atoms with Crippen LogP contribution in [0.3, 0.4) is 0 Å². The summed E-state index contributed by atoms with van der Waals surface area (Å²) in [6, 6.07) is 17.8. The average Bonchev–Trinajstić information content (AvgIpc) is 2.94. The van der Waals surface area contributed by atoms with Gasteiger partial charge in [-0.05, 0) is 36.9 Å². The first kappa shape index (κ1) is 28.2. The van der Waals surface area contributed by atoms with Crippen LogP contribution >= 0.6 is 0 Å². The number of likely N-dealkylation sites (tertiary alicyclic amines) is 1. The van der Waals surface area contributed by atoms with Gasteiger partial charge in [0.25, 0.3) is 5.56 Å². The molecule has 0 bridgehead atoms. The highest BCUT2D eigenvalue weighted by molar-refractivity contribution is 6.14. The molecule has 1 amide bonds. The maximum absolute atomic E-state index is 13.2. The summed E-state index contributed by atoms with van der Waals surface area (Å²) in [5, 5.41) is 14.4. The first-order valence-electron chi connectivity index (χ1n) is 13.4. The minimum absolute atomic E-state index is 0.0106. The Balaban J connectivity index is 1.41. The zero-order chi connectivity index (χ0) is 28.0. The van der Waals surface area contributed by atoms with Crippen molar-refractivity contribution in [2.45, 2.75) is 50.8 Å². The van der Waals surface area contributed by atoms with Gasteiger partial charge in [-0.1, -0.05) is 61.5 Å². The van der Waals surface area contributed by atoms with E-state index in [1.165, 1.54) is 10.9 Å². The van der Waals surface area contributed by atoms with Gasteiger partial charge in [0, 0.05) is 38.7 Å². The van der Waals surface area contributed by atoms with Crippen LogP contribution in [0.25, 0.3) is 0 Å². The molecule has 39 heavy (non-hydrogen) atoms. The molecule has 4 rings (SSSR count). The Morgan fingerprint density at radius 2 is 1.82 bits per heavy atom. The standard InChI is InChI=1S/C30H38N6O3/c1-21(23-7-5-4-6-8-23)17-25(37)35-15-13-30(39,14-16-35)19-36-20-34-28(26(31)29(36)38)27(33-3)24-11-9-22(10-12-24)18-32-2/h4-12,20-21,32,39H,13-19,31H2,1-3H3/t21-/m1/s1. The summed E-state index contributed by atoms with van der Waals surface area (Å²) in [6.07, 6.45) is 2.58. The SMILES string of the molecule is CN=C(c1ccc(CNC)cc1)c1ncn(CC2(O)CCN(C(=O)C[C@@H](C)c3ccccc3)CC2)c(=O)c1N. The molecule has 9 heteroatoms. The van der Waals surface area contributed by atoms with Crippen molar-refractivity contribution < 1.29 is 9.90 Å². The van der Waals surface area contributed by atoms with Gasteiger partial charge in [-0.3, -0.25) is 19.1 Å². The first-order chi connectivity index (χ1) is 18.7. The molecule has 4 N–H and O–H groups in total. The van der Waals surface area contributed by atoms with Crippen LogP contribution in [0.4, 0.5) is 5.69 Å². The van der Waals surface area contributed by atoms with Crippen molar-refractivity contribution in [3.63, 3.8) is 0 Å². The molecule has 3 aromatic rings. The number of aliphatic imine (C=N–C) groups is 1. The van der Waals surface area contributed by atoms with Crippen molar-refractivity contribution in [3.05, 3.63) is 93.7 Å². The lowest BCUT2D eigenvalue weighted by molar-refractivity contribution is -0.136. The van der Waals surface area contributed by atoms with E-state index >= 15 is 0 Å². The van der Waals surface area contributed by atoms with Gasteiger partial charge < -0.3 is 21.1 Å². The van der Waals surface area contributed by atoms with E-state index in [2.05, 4.69) is 22.2 Å². The minimum Gasteiger partial charge on any atom is -0.392 e. The molecule has 1 fully saturated rings. The van der Waals surface area contributed by atoms with Crippen molar-refractivity contribution in [3.8, 4) is 0 Å². The lowest BCUT2D eigenvalue weighted by Crippen LogP contribution is -2.50. The maximum Gasteiger partial charge on any atom is 0.277 e. The van der Waals surface area contributed by atoms with Crippen LogP contribution in [-0.4, -0.2) is 64.0 Å². The van der Waals surface area contributed by atoms with Crippen molar-refractivity contribution in [1.82, 2.24) is 19.8 Å². The highest BCUT2D eigenvalue weighted by Gasteiger charge is 2.35. The number of aliphatic hydroxyl groups is 1. The Hall–Kier alpha value is -3.82. The maximum atomic E-state index is 13.2. The van der Waals surface area contributed by atoms with Gasteiger partial charge >= 0.3 is 0 Å². The normalized spacial score (nSPS) is 16.2. The van der Waals surface area contributed by atoms with Gasteiger partial charge in [-0.15, -0.1) is 0 Å². The fourth-order valence-electron chi connectivity index (χ4n) is 5.10. The third kappa shape index (κ3) is 6.61. The van der Waals surface area contributed by atoms with Gasteiger partial charge in [-0.25, -0.2) is 4.98 Å². The fraction of sp³-hybridized carbons (Fsp3) is 0.400. The topological polar surface area (TPSA) is 126 Å². The largest absolute Gasteiger partial charge is 0.392 e. The lowest BCUT2D eigenvalue weighted by Gasteiger charge is -2.38. The van der Waals surface area contributed by atoms with Gasteiger partial charge in [-0.2, -0.15) is 0 Å². The summed E-state index contributed by atoms with van der Waals surface area (Å²) >= 11 is 0. The molecular formula is C30H38N6O3. The van der Waals surface area contributed by atoms with Crippen LogP contribution < -0.4 is 16.6 Å². The second-order valence-corrected chi connectivity index (χ2v) is 10.4. The fourth-order valence-corrected chi connectivity index (χ4v) is 5.10. The second kappa shape index (κ2) is 12.4. The molecule has 1 aromatic heterocycles. The Morgan fingerprint density at radius 3 is 2.44 bits per heavy atom. The second-order valence-electron chi connectivity index (χ2n) is 10.4. The van der Waals surface area contributed by atoms with Crippen LogP contribution in [-0.2, 0) is 17.9 Å². The number of amides is 1. The summed E-state index contributed by atoms with van der Waals surface area (Å²) in [5.74, 6) is 0.194. The van der Waals surface area contributed by atoms with Gasteiger partial charge in [0.05, 0.1) is 24.2 Å². The third-order valence-electron chi connectivity index (χ3n) is 7.49. The van der Waals surface area contributed by atoms with Crippen molar-refractivity contribution >= 4 is 17.3 Å². The number of nitrogens with one attached hydrogen (secondary N) is 1. The average molecular weight is 531 g/mol. The van der Waals surface area contributed by atoms with E-state index in [1.807, 2.05) is 61.6 Å². The molecular weight excluding hydrogens is 492 g/mol. The molecule has 2 aromatic carbocycles. The number of carbonyl (C=O) groups is 1. The van der Waals surface area contributed by atoms with Crippen LogP contribution in [0.1, 0.15) is 54.5 Å². The van der Waals surface area contributed by atoms with E-state index in [0.29, 0.717) is 43.8 Å². The summed E-state index contributed by atoms with van der Waals surface area (Å²) in [5.41, 5.74) is 8.61. The van der Waals surface area contributed by atoms with Gasteiger partial charge in [0.1, 0.15) is 11.4 Å². The lowest BCUT2D eigenvalue weighted by atomic mass is 9.90. The Morgan fingerprint density at radius 1 is 1.15 bits per heavy atom. The first-order valence-corrected chi connectivity index (χ1v) is 13.4. The molecule has 0 aliphatic carbocycles. The number of nitrogens with zero attached hydrogens (tertiary/aromatic N) is 4. The number of piperidine rings is 1. The number of benzene rings is 2. The molecule has 0 unspecified atom stereocenters. The van der Waals surface area contributed by atoms with Crippen LogP contribution in [0.5, 0.6) is 0 Å². The molecule has 0 radical (unpaired) electrons. The molecule has 0 spiro atoms. The summed E-state index contributed by atoms with van der Waals surface area (Å²) in [4.78, 5) is 36.7. The third-order valence-corrected chi connectivity index (χ3v) is 7.49. The number of rotatable bonds is 9. The van der Waals surface area contributed by atoms with E-state index < -0.39 is 11.2 Å². The van der Waals surface area contributed by atoms with Crippen molar-refractivity contribution in [2.75, 3.05) is 32.9 Å². The van der Waals surface area contributed by atoms with Crippen LogP contribution in [0, 0.1) is 0 Å². The number of hydrogen-bond acceptors (Lipinski definition) is 7. The predicted octanol–water partition coefficient (Wildman–Crippen LogP) is 2.56. The molecule has 1 aliphatic rings. The molecule has 1 atom stereocenters. The smallest absolute Gasteiger partial charge is 0.277 e. The quantitative estimate of drug-likeness (QED) is 0.365. The highest BCUT2D eigenvalue weighted by Crippen LogP contribution is 2.26. The molecule has 206 valence electrons. The Kier molecular flexibility index (Phi) is 8.93. The van der Waals surface area contributed by atoms with Crippen LogP contribution in [0.15, 0.2) is 70.7 Å². The predicted molar refractivity (Wildman–Crippen MR) is 154 cm³/mol. The number of anilines is 1. The monoisotopic (exact) mass is 530 g/mol. The molecule has 1 aliphatic heterocycles. The van der Waals surface area contributed by atoms with Crippen molar-refractivity contribution in [1.29, 1.82) is 0 Å². The van der Waals surface area contributed by atoms with E-state index in [4.69, 9.17) is 5.73 Å². The molecule has 0 saturated carbocycles. The number of nitrogen functional groups attached to an aromatic ring is 1. The van der Waals surface area contributed by atoms with E-state index in [-0.39, 0.29) is 24.1 Å². The summed E-state index contributed by atoms with van der Waals surface area (Å²) in [7, 11) is 3.53. The summed E-state index contributed by atoms with van der Waals surface area (Å²) < 4.78 is 1.36. The number of aromatic nitrogens is 2. The molecule has 1 saturated heterocycles. The van der Waals surface area contributed by atoms with Gasteiger partial charge in [0.2, 0.25) is 5.91 Å². The minimum atomic E-state index is -1.13. The zero-order valence-corrected chi connectivity index (χ0v) is 22.9. The Bertz CT molecular complexity index is 1360.